The lowest BCUT2D eigenvalue weighted by Gasteiger charge is -2.11. The summed E-state index contributed by atoms with van der Waals surface area (Å²) in [5.41, 5.74) is 0.211. The molecule has 8 nitrogen and oxygen atoms in total. The highest BCUT2D eigenvalue weighted by atomic mass is 17.2. The van der Waals surface area contributed by atoms with Crippen LogP contribution in [0.2, 0.25) is 0 Å². The summed E-state index contributed by atoms with van der Waals surface area (Å²) in [6, 6.07) is 12.1. The van der Waals surface area contributed by atoms with E-state index in [4.69, 9.17) is 14.4 Å². The summed E-state index contributed by atoms with van der Waals surface area (Å²) >= 11 is 0. The maximum atomic E-state index is 12.8. The van der Waals surface area contributed by atoms with Crippen LogP contribution in [0.3, 0.4) is 0 Å². The fourth-order valence-electron chi connectivity index (χ4n) is 3.53. The Hall–Kier alpha value is -3.68. The normalized spacial score (nSPS) is 10.4. The molecule has 37 heavy (non-hydrogen) atoms. The first-order valence-electron chi connectivity index (χ1n) is 13.0. The van der Waals surface area contributed by atoms with Crippen LogP contribution in [0.1, 0.15) is 109 Å². The molecule has 0 saturated carbocycles. The van der Waals surface area contributed by atoms with Gasteiger partial charge in [-0.1, -0.05) is 77.0 Å². The number of carbonyl (C=O) groups is 4. The molecule has 2 rings (SSSR count). The summed E-state index contributed by atoms with van der Waals surface area (Å²) in [4.78, 5) is 59.2. The number of hydrogen-bond acceptors (Lipinski definition) is 8. The molecule has 0 heterocycles. The first-order chi connectivity index (χ1) is 18.0. The summed E-state index contributed by atoms with van der Waals surface area (Å²) < 4.78 is 10.3. The number of rotatable bonds is 15. The fraction of sp³-hybridized carbons (Fsp3) is 0.448. The van der Waals surface area contributed by atoms with Crippen molar-refractivity contribution < 1.29 is 38.4 Å². The van der Waals surface area contributed by atoms with Crippen molar-refractivity contribution in [2.24, 2.45) is 0 Å². The molecule has 0 aliphatic heterocycles. The average molecular weight is 513 g/mol. The van der Waals surface area contributed by atoms with Gasteiger partial charge in [-0.05, 0) is 43.2 Å². The van der Waals surface area contributed by atoms with E-state index in [1.54, 1.807) is 18.2 Å². The molecule has 0 fully saturated rings. The highest BCUT2D eigenvalue weighted by Gasteiger charge is 2.22. The van der Waals surface area contributed by atoms with Gasteiger partial charge in [-0.25, -0.2) is 24.2 Å². The van der Waals surface area contributed by atoms with Crippen molar-refractivity contribution in [2.75, 3.05) is 6.61 Å². The standard InChI is InChI=1S/C29H36O8/c1-3-5-7-9-13-17-25(30)23-18-19-26(35-29(33)34-20-14-8-6-4-2)24(21-23)28(32)37-36-27(31)22-15-11-10-12-16-22/h10-12,15-16,18-19,21H,3-9,13-14,17,20H2,1-2H3. The van der Waals surface area contributed by atoms with Crippen molar-refractivity contribution in [3.63, 3.8) is 0 Å². The quantitative estimate of drug-likeness (QED) is 0.0613. The lowest BCUT2D eigenvalue weighted by molar-refractivity contribution is -0.187. The third-order valence-electron chi connectivity index (χ3n) is 5.64. The van der Waals surface area contributed by atoms with Crippen LogP contribution in [0.25, 0.3) is 0 Å². The molecule has 0 bridgehead atoms. The Balaban J connectivity index is 2.09. The Morgan fingerprint density at radius 1 is 0.676 bits per heavy atom. The van der Waals surface area contributed by atoms with Gasteiger partial charge in [0.1, 0.15) is 11.3 Å². The van der Waals surface area contributed by atoms with E-state index in [0.29, 0.717) is 12.8 Å². The van der Waals surface area contributed by atoms with Crippen LogP contribution < -0.4 is 4.74 Å². The van der Waals surface area contributed by atoms with Crippen LogP contribution in [0.15, 0.2) is 48.5 Å². The van der Waals surface area contributed by atoms with E-state index < -0.39 is 18.1 Å². The summed E-state index contributed by atoms with van der Waals surface area (Å²) in [5, 5.41) is 0. The van der Waals surface area contributed by atoms with E-state index in [-0.39, 0.29) is 34.8 Å². The Morgan fingerprint density at radius 2 is 1.32 bits per heavy atom. The molecular weight excluding hydrogens is 476 g/mol. The summed E-state index contributed by atoms with van der Waals surface area (Å²) in [5.74, 6) is -2.29. The topological polar surface area (TPSA) is 105 Å². The maximum absolute atomic E-state index is 12.8. The molecule has 0 unspecified atom stereocenters. The largest absolute Gasteiger partial charge is 0.513 e. The van der Waals surface area contributed by atoms with Crippen LogP contribution >= 0.6 is 0 Å². The number of ether oxygens (including phenoxy) is 2. The Bertz CT molecular complexity index is 1020. The second kappa shape index (κ2) is 16.9. The van der Waals surface area contributed by atoms with Crippen molar-refractivity contribution in [1.82, 2.24) is 0 Å². The first kappa shape index (κ1) is 29.5. The molecule has 2 aromatic carbocycles. The van der Waals surface area contributed by atoms with Gasteiger partial charge in [0, 0.05) is 12.0 Å². The zero-order valence-corrected chi connectivity index (χ0v) is 21.7. The number of ketones is 1. The summed E-state index contributed by atoms with van der Waals surface area (Å²) in [7, 11) is 0. The number of carbonyl (C=O) groups excluding carboxylic acids is 4. The molecule has 0 saturated heterocycles. The lowest BCUT2D eigenvalue weighted by Crippen LogP contribution is -2.17. The predicted octanol–water partition coefficient (Wildman–Crippen LogP) is 7.25. The zero-order chi connectivity index (χ0) is 26.9. The SMILES string of the molecule is CCCCCCCC(=O)c1ccc(OC(=O)OCCCCCC)c(C(=O)OOC(=O)c2ccccc2)c1. The molecule has 200 valence electrons. The number of Topliss-reactive ketones (excluding diaryl/α,β-unsaturated/α-hetero) is 1. The van der Waals surface area contributed by atoms with Crippen molar-refractivity contribution in [1.29, 1.82) is 0 Å². The Kier molecular flexibility index (Phi) is 13.5. The minimum absolute atomic E-state index is 0.156. The molecule has 0 N–H and O–H groups in total. The molecule has 0 aromatic heterocycles. The second-order valence-electron chi connectivity index (χ2n) is 8.67. The maximum Gasteiger partial charge on any atom is 0.513 e. The molecule has 0 spiro atoms. The highest BCUT2D eigenvalue weighted by molar-refractivity contribution is 6.01. The van der Waals surface area contributed by atoms with Crippen molar-refractivity contribution in [3.05, 3.63) is 65.2 Å². The number of benzene rings is 2. The van der Waals surface area contributed by atoms with Gasteiger partial charge in [-0.15, -0.1) is 0 Å². The average Bonchev–Trinajstić information content (AvgIpc) is 2.91. The summed E-state index contributed by atoms with van der Waals surface area (Å²) in [6.07, 6.45) is 7.99. The van der Waals surface area contributed by atoms with Crippen LogP contribution in [0.5, 0.6) is 5.75 Å². The zero-order valence-electron chi connectivity index (χ0n) is 21.7. The highest BCUT2D eigenvalue weighted by Crippen LogP contribution is 2.24. The van der Waals surface area contributed by atoms with Gasteiger partial charge >= 0.3 is 18.1 Å². The fourth-order valence-corrected chi connectivity index (χ4v) is 3.53. The Labute approximate surface area is 218 Å². The number of unbranched alkanes of at least 4 members (excludes halogenated alkanes) is 7. The van der Waals surface area contributed by atoms with Crippen LogP contribution in [-0.4, -0.2) is 30.5 Å². The van der Waals surface area contributed by atoms with Gasteiger partial charge < -0.3 is 9.47 Å². The lowest BCUT2D eigenvalue weighted by atomic mass is 10.0. The molecule has 0 atom stereocenters. The van der Waals surface area contributed by atoms with Gasteiger partial charge in [0.2, 0.25) is 0 Å². The van der Waals surface area contributed by atoms with Crippen molar-refractivity contribution in [3.8, 4) is 5.75 Å². The third kappa shape index (κ3) is 10.9. The second-order valence-corrected chi connectivity index (χ2v) is 8.67. The van der Waals surface area contributed by atoms with E-state index in [2.05, 4.69) is 18.7 Å². The van der Waals surface area contributed by atoms with Crippen LogP contribution in [-0.2, 0) is 14.5 Å². The molecule has 0 radical (unpaired) electrons. The molecule has 8 heteroatoms. The van der Waals surface area contributed by atoms with E-state index in [0.717, 1.165) is 51.4 Å². The van der Waals surface area contributed by atoms with Gasteiger partial charge in [0.05, 0.1) is 12.2 Å². The van der Waals surface area contributed by atoms with E-state index in [1.807, 2.05) is 0 Å². The molecule has 0 amide bonds. The smallest absolute Gasteiger partial charge is 0.434 e. The number of hydrogen-bond donors (Lipinski definition) is 0. The summed E-state index contributed by atoms with van der Waals surface area (Å²) in [6.45, 7) is 4.38. The van der Waals surface area contributed by atoms with E-state index in [1.165, 1.54) is 30.3 Å². The monoisotopic (exact) mass is 512 g/mol. The van der Waals surface area contributed by atoms with Crippen molar-refractivity contribution >= 4 is 23.9 Å². The van der Waals surface area contributed by atoms with Gasteiger partial charge in [0.15, 0.2) is 5.78 Å². The van der Waals surface area contributed by atoms with E-state index in [9.17, 15) is 19.2 Å². The van der Waals surface area contributed by atoms with Gasteiger partial charge in [-0.2, -0.15) is 0 Å². The minimum Gasteiger partial charge on any atom is -0.434 e. The minimum atomic E-state index is -1.09. The molecular formula is C29H36O8. The predicted molar refractivity (Wildman–Crippen MR) is 138 cm³/mol. The molecule has 0 aliphatic rings. The van der Waals surface area contributed by atoms with Gasteiger partial charge in [0.25, 0.3) is 0 Å². The third-order valence-corrected chi connectivity index (χ3v) is 5.64. The van der Waals surface area contributed by atoms with Crippen LogP contribution in [0, 0.1) is 0 Å². The molecule has 2 aromatic rings. The molecule has 0 aliphatic carbocycles. The van der Waals surface area contributed by atoms with Crippen LogP contribution in [0.4, 0.5) is 4.79 Å². The van der Waals surface area contributed by atoms with E-state index >= 15 is 0 Å². The first-order valence-corrected chi connectivity index (χ1v) is 13.0. The van der Waals surface area contributed by atoms with Crippen molar-refractivity contribution in [2.45, 2.75) is 78.1 Å². The Morgan fingerprint density at radius 3 is 2.03 bits per heavy atom. The van der Waals surface area contributed by atoms with Gasteiger partial charge in [-0.3, -0.25) is 4.79 Å².